The summed E-state index contributed by atoms with van der Waals surface area (Å²) in [6.45, 7) is 2.01. The molecule has 1 fully saturated rings. The lowest BCUT2D eigenvalue weighted by molar-refractivity contribution is 0.332. The van der Waals surface area contributed by atoms with E-state index in [9.17, 15) is 4.39 Å². The van der Waals surface area contributed by atoms with Gasteiger partial charge in [0.2, 0.25) is 0 Å². The maximum absolute atomic E-state index is 13.2. The first-order valence-corrected chi connectivity index (χ1v) is 7.63. The van der Waals surface area contributed by atoms with Crippen LogP contribution in [0.5, 0.6) is 0 Å². The van der Waals surface area contributed by atoms with E-state index in [1.54, 1.807) is 12.1 Å². The van der Waals surface area contributed by atoms with Gasteiger partial charge >= 0.3 is 0 Å². The van der Waals surface area contributed by atoms with Gasteiger partial charge in [-0.15, -0.1) is 0 Å². The van der Waals surface area contributed by atoms with Crippen LogP contribution in [0.15, 0.2) is 18.2 Å². The van der Waals surface area contributed by atoms with Crippen LogP contribution < -0.4 is 5.32 Å². The van der Waals surface area contributed by atoms with Gasteiger partial charge in [0.25, 0.3) is 0 Å². The zero-order valence-corrected chi connectivity index (χ0v) is 12.2. The number of aryl methyl sites for hydroxylation is 1. The maximum Gasteiger partial charge on any atom is 0.123 e. The van der Waals surface area contributed by atoms with Crippen molar-refractivity contribution >= 4 is 0 Å². The molecule has 1 atom stereocenters. The van der Waals surface area contributed by atoms with Crippen molar-refractivity contribution in [3.8, 4) is 0 Å². The Morgan fingerprint density at radius 2 is 1.89 bits per heavy atom. The van der Waals surface area contributed by atoms with Gasteiger partial charge in [-0.2, -0.15) is 0 Å². The van der Waals surface area contributed by atoms with E-state index < -0.39 is 0 Å². The number of rotatable bonds is 4. The van der Waals surface area contributed by atoms with Gasteiger partial charge < -0.3 is 5.32 Å². The van der Waals surface area contributed by atoms with Gasteiger partial charge in [0, 0.05) is 6.04 Å². The van der Waals surface area contributed by atoms with Crippen LogP contribution in [0.2, 0.25) is 0 Å². The third-order valence-corrected chi connectivity index (χ3v) is 4.58. The van der Waals surface area contributed by atoms with Crippen molar-refractivity contribution in [2.45, 2.75) is 57.9 Å². The van der Waals surface area contributed by atoms with Crippen LogP contribution in [-0.4, -0.2) is 13.1 Å². The summed E-state index contributed by atoms with van der Waals surface area (Å²) in [6, 6.07) is 5.71. The molecule has 2 rings (SSSR count). The Kier molecular flexibility index (Phi) is 5.38. The van der Waals surface area contributed by atoms with Gasteiger partial charge in [-0.3, -0.25) is 0 Å². The van der Waals surface area contributed by atoms with Crippen LogP contribution >= 0.6 is 0 Å². The molecule has 0 radical (unpaired) electrons. The minimum absolute atomic E-state index is 0.128. The van der Waals surface area contributed by atoms with Gasteiger partial charge in [-0.1, -0.05) is 31.7 Å². The van der Waals surface area contributed by atoms with Crippen LogP contribution in [-0.2, 0) is 6.42 Å². The molecule has 0 aromatic heterocycles. The fraction of sp³-hybridized carbons (Fsp3) is 0.647. The Bertz CT molecular complexity index is 394. The normalized spacial score (nSPS) is 19.1. The molecule has 1 aliphatic carbocycles. The Morgan fingerprint density at radius 3 is 2.47 bits per heavy atom. The van der Waals surface area contributed by atoms with Crippen LogP contribution in [0.4, 0.5) is 4.39 Å². The summed E-state index contributed by atoms with van der Waals surface area (Å²) in [5.41, 5.74) is 2.36. The second-order valence-corrected chi connectivity index (χ2v) is 5.92. The first kappa shape index (κ1) is 14.5. The monoisotopic (exact) mass is 263 g/mol. The first-order valence-electron chi connectivity index (χ1n) is 7.63. The average Bonchev–Trinajstić information content (AvgIpc) is 2.67. The van der Waals surface area contributed by atoms with Crippen molar-refractivity contribution in [1.29, 1.82) is 0 Å². The summed E-state index contributed by atoms with van der Waals surface area (Å²) >= 11 is 0. The molecule has 2 heteroatoms. The molecule has 0 aliphatic heterocycles. The van der Waals surface area contributed by atoms with Crippen LogP contribution in [0.1, 0.15) is 49.7 Å². The van der Waals surface area contributed by atoms with E-state index in [-0.39, 0.29) is 5.82 Å². The predicted octanol–water partition coefficient (Wildman–Crippen LogP) is 4.24. The lowest BCUT2D eigenvalue weighted by Crippen LogP contribution is -2.35. The Labute approximate surface area is 116 Å². The maximum atomic E-state index is 13.2. The highest BCUT2D eigenvalue weighted by atomic mass is 19.1. The summed E-state index contributed by atoms with van der Waals surface area (Å²) in [7, 11) is 2.06. The SMILES string of the molecule is CNC(Cc1ccc(F)cc1C)C1CCCCCC1. The number of nitrogens with one attached hydrogen (secondary N) is 1. The van der Waals surface area contributed by atoms with Gasteiger partial charge in [-0.25, -0.2) is 4.39 Å². The van der Waals surface area contributed by atoms with E-state index in [2.05, 4.69) is 12.4 Å². The molecule has 0 spiro atoms. The largest absolute Gasteiger partial charge is 0.316 e. The first-order chi connectivity index (χ1) is 9.20. The second-order valence-electron chi connectivity index (χ2n) is 5.92. The minimum atomic E-state index is -0.128. The highest BCUT2D eigenvalue weighted by Crippen LogP contribution is 2.27. The third kappa shape index (κ3) is 4.04. The van der Waals surface area contributed by atoms with E-state index in [0.29, 0.717) is 6.04 Å². The molecule has 0 amide bonds. The minimum Gasteiger partial charge on any atom is -0.316 e. The predicted molar refractivity (Wildman–Crippen MR) is 78.9 cm³/mol. The Balaban J connectivity index is 2.04. The topological polar surface area (TPSA) is 12.0 Å². The number of hydrogen-bond donors (Lipinski definition) is 1. The zero-order chi connectivity index (χ0) is 13.7. The van der Waals surface area contributed by atoms with E-state index in [1.165, 1.54) is 44.1 Å². The molecule has 106 valence electrons. The van der Waals surface area contributed by atoms with E-state index in [1.807, 2.05) is 13.0 Å². The molecule has 1 nitrogen and oxygen atoms in total. The molecular formula is C17H26FN. The lowest BCUT2D eigenvalue weighted by atomic mass is 9.87. The van der Waals surface area contributed by atoms with Crippen LogP contribution in [0.25, 0.3) is 0 Å². The van der Waals surface area contributed by atoms with Gasteiger partial charge in [0.15, 0.2) is 0 Å². The highest BCUT2D eigenvalue weighted by Gasteiger charge is 2.22. The summed E-state index contributed by atoms with van der Waals surface area (Å²) in [5, 5.41) is 3.50. The van der Waals surface area contributed by atoms with Gasteiger partial charge in [0.1, 0.15) is 5.82 Å². The summed E-state index contributed by atoms with van der Waals surface area (Å²) in [4.78, 5) is 0. The molecule has 1 aromatic rings. The molecule has 0 saturated heterocycles. The molecule has 1 unspecified atom stereocenters. The van der Waals surface area contributed by atoms with E-state index in [4.69, 9.17) is 0 Å². The zero-order valence-electron chi connectivity index (χ0n) is 12.2. The molecule has 0 heterocycles. The standard InChI is InChI=1S/C17H26FN/c1-13-11-16(18)10-9-15(13)12-17(19-2)14-7-5-3-4-6-8-14/h9-11,14,17,19H,3-8,12H2,1-2H3. The third-order valence-electron chi connectivity index (χ3n) is 4.58. The number of benzene rings is 1. The number of likely N-dealkylation sites (N-methyl/N-ethyl adjacent to an activating group) is 1. The molecule has 1 N–H and O–H groups in total. The van der Waals surface area contributed by atoms with Crippen molar-refractivity contribution in [2.75, 3.05) is 7.05 Å². The fourth-order valence-corrected chi connectivity index (χ4v) is 3.34. The van der Waals surface area contributed by atoms with Crippen molar-refractivity contribution in [3.63, 3.8) is 0 Å². The molecule has 19 heavy (non-hydrogen) atoms. The lowest BCUT2D eigenvalue weighted by Gasteiger charge is -2.26. The molecular weight excluding hydrogens is 237 g/mol. The van der Waals surface area contributed by atoms with Crippen molar-refractivity contribution in [2.24, 2.45) is 5.92 Å². The van der Waals surface area contributed by atoms with Crippen molar-refractivity contribution in [3.05, 3.63) is 35.1 Å². The highest BCUT2D eigenvalue weighted by molar-refractivity contribution is 5.27. The van der Waals surface area contributed by atoms with Crippen LogP contribution in [0, 0.1) is 18.7 Å². The molecule has 1 saturated carbocycles. The van der Waals surface area contributed by atoms with Crippen molar-refractivity contribution in [1.82, 2.24) is 5.32 Å². The number of hydrogen-bond acceptors (Lipinski definition) is 1. The fourth-order valence-electron chi connectivity index (χ4n) is 3.34. The average molecular weight is 263 g/mol. The molecule has 0 bridgehead atoms. The smallest absolute Gasteiger partial charge is 0.123 e. The van der Waals surface area contributed by atoms with Gasteiger partial charge in [-0.05, 0) is 62.4 Å². The molecule has 1 aliphatic rings. The van der Waals surface area contributed by atoms with E-state index >= 15 is 0 Å². The molecule has 1 aromatic carbocycles. The second kappa shape index (κ2) is 7.04. The Hall–Kier alpha value is -0.890. The Morgan fingerprint density at radius 1 is 1.21 bits per heavy atom. The van der Waals surface area contributed by atoms with Gasteiger partial charge in [0.05, 0.1) is 0 Å². The van der Waals surface area contributed by atoms with Crippen molar-refractivity contribution < 1.29 is 4.39 Å². The quantitative estimate of drug-likeness (QED) is 0.801. The van der Waals surface area contributed by atoms with Crippen LogP contribution in [0.3, 0.4) is 0 Å². The summed E-state index contributed by atoms with van der Waals surface area (Å²) in [6.07, 6.45) is 9.21. The summed E-state index contributed by atoms with van der Waals surface area (Å²) in [5.74, 6) is 0.647. The summed E-state index contributed by atoms with van der Waals surface area (Å²) < 4.78 is 13.2. The van der Waals surface area contributed by atoms with E-state index in [0.717, 1.165) is 17.9 Å². The number of halogens is 1.